The molecule has 10 heteroatoms. The minimum Gasteiger partial charge on any atom is -0.306 e. The molecule has 3 rings (SSSR count). The van der Waals surface area contributed by atoms with Crippen molar-refractivity contribution in [3.05, 3.63) is 46.5 Å². The number of hydrogen-bond donors (Lipinski definition) is 2. The molecule has 1 aromatic heterocycles. The number of hydrogen-bond acceptors (Lipinski definition) is 4. The monoisotopic (exact) mass is 446 g/mol. The van der Waals surface area contributed by atoms with E-state index in [2.05, 4.69) is 10.3 Å². The van der Waals surface area contributed by atoms with Crippen molar-refractivity contribution >= 4 is 33.5 Å². The lowest BCUT2D eigenvalue weighted by atomic mass is 9.86. The van der Waals surface area contributed by atoms with Crippen LogP contribution in [-0.4, -0.2) is 19.7 Å². The number of rotatable bonds is 7. The van der Waals surface area contributed by atoms with Crippen LogP contribution in [0, 0.1) is 5.92 Å². The van der Waals surface area contributed by atoms with Gasteiger partial charge in [0.2, 0.25) is 5.91 Å². The zero-order valence-electron chi connectivity index (χ0n) is 15.4. The smallest absolute Gasteiger partial charge is 0.306 e. The van der Waals surface area contributed by atoms with Crippen LogP contribution in [0.3, 0.4) is 0 Å². The van der Waals surface area contributed by atoms with Crippen molar-refractivity contribution in [3.8, 4) is 0 Å². The van der Waals surface area contributed by atoms with Crippen LogP contribution in [0.2, 0.25) is 0 Å². The molecule has 2 unspecified atom stereocenters. The summed E-state index contributed by atoms with van der Waals surface area (Å²) < 4.78 is 60.8. The molecule has 1 aliphatic rings. The fourth-order valence-corrected chi connectivity index (χ4v) is 4.83. The highest BCUT2D eigenvalue weighted by molar-refractivity contribution is 7.78. The Bertz CT molecular complexity index is 866. The van der Waals surface area contributed by atoms with Gasteiger partial charge in [0.15, 0.2) is 16.2 Å². The molecular formula is C19H21F3N2O3S2. The summed E-state index contributed by atoms with van der Waals surface area (Å²) in [6, 6.07) is 3.60. The molecule has 2 aromatic rings. The maximum atomic E-state index is 13.6. The van der Waals surface area contributed by atoms with E-state index in [1.807, 2.05) is 0 Å². The number of nitrogens with zero attached hydrogens (tertiary/aromatic N) is 1. The second-order valence-electron chi connectivity index (χ2n) is 7.15. The lowest BCUT2D eigenvalue weighted by molar-refractivity contribution is -0.138. The second-order valence-corrected chi connectivity index (χ2v) is 8.97. The summed E-state index contributed by atoms with van der Waals surface area (Å²) in [5.41, 5.74) is -0.983. The molecule has 1 amide bonds. The molecule has 0 aliphatic heterocycles. The number of benzene rings is 1. The number of amides is 1. The fraction of sp³-hybridized carbons (Fsp3) is 0.474. The number of thiazole rings is 1. The third-order valence-electron chi connectivity index (χ3n) is 5.14. The highest BCUT2D eigenvalue weighted by Crippen LogP contribution is 2.38. The molecule has 1 saturated carbocycles. The van der Waals surface area contributed by atoms with Gasteiger partial charge in [0.05, 0.1) is 17.2 Å². The third kappa shape index (κ3) is 5.86. The largest absolute Gasteiger partial charge is 0.416 e. The summed E-state index contributed by atoms with van der Waals surface area (Å²) in [5.74, 6) is -1.48. The lowest BCUT2D eigenvalue weighted by Gasteiger charge is -2.22. The molecule has 29 heavy (non-hydrogen) atoms. The summed E-state index contributed by atoms with van der Waals surface area (Å²) in [4.78, 5) is 16.9. The van der Waals surface area contributed by atoms with E-state index in [-0.39, 0.29) is 17.0 Å². The predicted molar refractivity (Wildman–Crippen MR) is 106 cm³/mol. The molecule has 0 radical (unpaired) electrons. The van der Waals surface area contributed by atoms with E-state index in [1.54, 1.807) is 5.38 Å². The molecule has 0 spiro atoms. The van der Waals surface area contributed by atoms with Crippen LogP contribution in [0.5, 0.6) is 0 Å². The van der Waals surface area contributed by atoms with E-state index in [1.165, 1.54) is 29.7 Å². The molecule has 2 atom stereocenters. The lowest BCUT2D eigenvalue weighted by Crippen LogP contribution is -2.24. The Balaban J connectivity index is 1.94. The third-order valence-corrected chi connectivity index (χ3v) is 6.39. The molecule has 1 aromatic carbocycles. The number of nitrogens with one attached hydrogen (secondary N) is 1. The Morgan fingerprint density at radius 1 is 1.34 bits per heavy atom. The Morgan fingerprint density at radius 3 is 2.66 bits per heavy atom. The number of carbonyl (C=O) groups is 1. The topological polar surface area (TPSA) is 79.3 Å². The van der Waals surface area contributed by atoms with Crippen molar-refractivity contribution in [1.82, 2.24) is 4.98 Å². The summed E-state index contributed by atoms with van der Waals surface area (Å²) >= 11 is -1.16. The average molecular weight is 447 g/mol. The summed E-state index contributed by atoms with van der Waals surface area (Å²) in [7, 11) is 0. The maximum absolute atomic E-state index is 13.6. The highest BCUT2D eigenvalue weighted by Gasteiger charge is 2.36. The van der Waals surface area contributed by atoms with Crippen LogP contribution < -0.4 is 5.32 Å². The average Bonchev–Trinajstić information content (AvgIpc) is 3.32. The van der Waals surface area contributed by atoms with Gasteiger partial charge in [-0.25, -0.2) is 9.19 Å². The molecule has 1 aliphatic carbocycles. The van der Waals surface area contributed by atoms with Crippen molar-refractivity contribution in [3.63, 3.8) is 0 Å². The number of aromatic nitrogens is 1. The SMILES string of the molecule is O=C(Nc1nccs1)C(CC1CCCC1)c1ccc(CS(=O)O)c(C(F)(F)F)c1. The van der Waals surface area contributed by atoms with Gasteiger partial charge in [0.1, 0.15) is 0 Å². The van der Waals surface area contributed by atoms with Crippen LogP contribution in [0.4, 0.5) is 18.3 Å². The van der Waals surface area contributed by atoms with Gasteiger partial charge in [-0.3, -0.25) is 4.79 Å². The minimum atomic E-state index is -4.69. The number of halogens is 3. The van der Waals surface area contributed by atoms with Gasteiger partial charge in [-0.05, 0) is 29.5 Å². The first kappa shape index (κ1) is 21.9. The van der Waals surface area contributed by atoms with Gasteiger partial charge < -0.3 is 9.87 Å². The summed E-state index contributed by atoms with van der Waals surface area (Å²) in [6.45, 7) is 0. The normalized spacial score (nSPS) is 17.2. The van der Waals surface area contributed by atoms with Gasteiger partial charge in [0.25, 0.3) is 0 Å². The first-order chi connectivity index (χ1) is 13.7. The van der Waals surface area contributed by atoms with E-state index in [0.717, 1.165) is 31.7 Å². The van der Waals surface area contributed by atoms with Crippen LogP contribution in [-0.2, 0) is 27.8 Å². The maximum Gasteiger partial charge on any atom is 0.416 e. The van der Waals surface area contributed by atoms with Gasteiger partial charge in [-0.15, -0.1) is 11.3 Å². The van der Waals surface area contributed by atoms with Gasteiger partial charge in [-0.1, -0.05) is 37.8 Å². The van der Waals surface area contributed by atoms with E-state index < -0.39 is 40.4 Å². The van der Waals surface area contributed by atoms with Crippen molar-refractivity contribution in [2.24, 2.45) is 5.92 Å². The van der Waals surface area contributed by atoms with Crippen molar-refractivity contribution in [2.45, 2.75) is 50.0 Å². The van der Waals surface area contributed by atoms with E-state index in [9.17, 15) is 22.2 Å². The van der Waals surface area contributed by atoms with Crippen LogP contribution in [0.1, 0.15) is 54.7 Å². The van der Waals surface area contributed by atoms with E-state index >= 15 is 0 Å². The van der Waals surface area contributed by atoms with Crippen molar-refractivity contribution in [1.29, 1.82) is 0 Å². The zero-order valence-corrected chi connectivity index (χ0v) is 17.1. The molecule has 0 bridgehead atoms. The summed E-state index contributed by atoms with van der Waals surface area (Å²) in [6.07, 6.45) is 1.33. The Hall–Kier alpha value is -1.78. The predicted octanol–water partition coefficient (Wildman–Crippen LogP) is 5.19. The molecule has 158 valence electrons. The second kappa shape index (κ2) is 9.36. The number of carbonyl (C=O) groups excluding carboxylic acids is 1. The Labute approximate surface area is 173 Å². The van der Waals surface area contributed by atoms with Crippen molar-refractivity contribution in [2.75, 3.05) is 5.32 Å². The highest BCUT2D eigenvalue weighted by atomic mass is 32.2. The molecule has 0 saturated heterocycles. The number of anilines is 1. The van der Waals surface area contributed by atoms with Crippen LogP contribution in [0.25, 0.3) is 0 Å². The van der Waals surface area contributed by atoms with E-state index in [0.29, 0.717) is 11.6 Å². The Kier molecular flexibility index (Phi) is 7.07. The van der Waals surface area contributed by atoms with Crippen LogP contribution >= 0.6 is 11.3 Å². The minimum absolute atomic E-state index is 0.255. The molecule has 1 heterocycles. The van der Waals surface area contributed by atoms with E-state index in [4.69, 9.17) is 4.55 Å². The van der Waals surface area contributed by atoms with Crippen LogP contribution in [0.15, 0.2) is 29.8 Å². The van der Waals surface area contributed by atoms with Crippen molar-refractivity contribution < 1.29 is 26.7 Å². The fourth-order valence-electron chi connectivity index (χ4n) is 3.79. The standard InChI is InChI=1S/C19H21F3N2O3S2/c20-19(21,22)16-10-13(5-6-14(16)11-29(26)27)15(9-12-3-1-2-4-12)17(25)24-18-23-7-8-28-18/h5-8,10,12,15H,1-4,9,11H2,(H,26,27)(H,23,24,25). The number of alkyl halides is 3. The summed E-state index contributed by atoms with van der Waals surface area (Å²) in [5, 5.41) is 4.80. The molecule has 1 fully saturated rings. The first-order valence-corrected chi connectivity index (χ1v) is 11.4. The van der Waals surface area contributed by atoms with Gasteiger partial charge in [0, 0.05) is 11.6 Å². The van der Waals surface area contributed by atoms with Gasteiger partial charge in [-0.2, -0.15) is 13.2 Å². The Morgan fingerprint density at radius 2 is 2.07 bits per heavy atom. The quantitative estimate of drug-likeness (QED) is 0.574. The molecule has 5 nitrogen and oxygen atoms in total. The first-order valence-electron chi connectivity index (χ1n) is 9.22. The van der Waals surface area contributed by atoms with Gasteiger partial charge >= 0.3 is 6.18 Å². The zero-order chi connectivity index (χ0) is 21.0. The molecular weight excluding hydrogens is 425 g/mol. The molecule has 2 N–H and O–H groups in total.